The number of benzene rings is 2. The molecule has 0 aliphatic carbocycles. The number of nitrogens with one attached hydrogen (secondary N) is 1. The van der Waals surface area contributed by atoms with Crippen molar-refractivity contribution in [2.75, 3.05) is 23.7 Å². The Balaban J connectivity index is 1.41. The number of anilines is 1. The van der Waals surface area contributed by atoms with Crippen molar-refractivity contribution in [2.45, 2.75) is 25.5 Å². The fraction of sp³-hybridized carbons (Fsp3) is 0.333. The molecule has 1 heterocycles. The Morgan fingerprint density at radius 1 is 1.19 bits per heavy atom. The number of nitrogens with zero attached hydrogens (tertiary/aromatic N) is 1. The van der Waals surface area contributed by atoms with Crippen LogP contribution in [0, 0.1) is 6.92 Å². The lowest BCUT2D eigenvalue weighted by molar-refractivity contribution is -0.117. The van der Waals surface area contributed by atoms with Crippen LogP contribution in [-0.2, 0) is 10.5 Å². The van der Waals surface area contributed by atoms with Crippen molar-refractivity contribution in [3.05, 3.63) is 65.2 Å². The van der Waals surface area contributed by atoms with Crippen LogP contribution in [0.15, 0.2) is 48.5 Å². The average molecular weight is 369 g/mol. The molecule has 1 saturated heterocycles. The van der Waals surface area contributed by atoms with Gasteiger partial charge in [-0.1, -0.05) is 29.8 Å². The van der Waals surface area contributed by atoms with Crippen LogP contribution in [0.2, 0.25) is 0 Å². The number of aryl methyl sites for hydroxylation is 1. The Morgan fingerprint density at radius 2 is 2.00 bits per heavy atom. The Labute approximate surface area is 159 Å². The second-order valence-corrected chi connectivity index (χ2v) is 7.60. The molecule has 1 aliphatic heterocycles. The van der Waals surface area contributed by atoms with E-state index in [1.807, 2.05) is 23.9 Å². The summed E-state index contributed by atoms with van der Waals surface area (Å²) in [6.45, 7) is 3.50. The third kappa shape index (κ3) is 4.88. The summed E-state index contributed by atoms with van der Waals surface area (Å²) in [6.07, 6.45) is 1.52. The van der Waals surface area contributed by atoms with E-state index in [9.17, 15) is 9.59 Å². The van der Waals surface area contributed by atoms with Crippen LogP contribution in [0.4, 0.5) is 5.69 Å². The summed E-state index contributed by atoms with van der Waals surface area (Å²) in [5.41, 5.74) is 4.09. The smallest absolute Gasteiger partial charge is 0.251 e. The molecule has 0 aromatic heterocycles. The number of hydrogen-bond acceptors (Lipinski definition) is 3. The lowest BCUT2D eigenvalue weighted by Gasteiger charge is -2.15. The van der Waals surface area contributed by atoms with Crippen LogP contribution in [0.1, 0.15) is 34.3 Å². The number of amides is 2. The molecule has 1 aliphatic rings. The Kier molecular flexibility index (Phi) is 6.34. The van der Waals surface area contributed by atoms with E-state index < -0.39 is 0 Å². The molecule has 136 valence electrons. The van der Waals surface area contributed by atoms with Gasteiger partial charge in [0.2, 0.25) is 5.91 Å². The second-order valence-electron chi connectivity index (χ2n) is 6.49. The largest absolute Gasteiger partial charge is 0.351 e. The Bertz CT molecular complexity index is 774. The van der Waals surface area contributed by atoms with Gasteiger partial charge < -0.3 is 10.2 Å². The predicted octanol–water partition coefficient (Wildman–Crippen LogP) is 3.79. The average Bonchev–Trinajstić information content (AvgIpc) is 3.07. The van der Waals surface area contributed by atoms with Crippen molar-refractivity contribution in [3.8, 4) is 0 Å². The van der Waals surface area contributed by atoms with Crippen molar-refractivity contribution in [2.24, 2.45) is 0 Å². The molecule has 1 N–H and O–H groups in total. The minimum Gasteiger partial charge on any atom is -0.351 e. The zero-order valence-corrected chi connectivity index (χ0v) is 15.8. The minimum atomic E-state index is -0.0690. The van der Waals surface area contributed by atoms with E-state index in [0.29, 0.717) is 18.5 Å². The van der Waals surface area contributed by atoms with E-state index in [0.717, 1.165) is 30.2 Å². The van der Waals surface area contributed by atoms with Gasteiger partial charge in [-0.25, -0.2) is 0 Å². The molecular formula is C21H24N2O2S. The third-order valence-electron chi connectivity index (χ3n) is 4.40. The molecule has 0 atom stereocenters. The Morgan fingerprint density at radius 3 is 2.69 bits per heavy atom. The van der Waals surface area contributed by atoms with Gasteiger partial charge in [0.05, 0.1) is 0 Å². The van der Waals surface area contributed by atoms with Crippen LogP contribution in [0.25, 0.3) is 0 Å². The molecule has 26 heavy (non-hydrogen) atoms. The highest BCUT2D eigenvalue weighted by molar-refractivity contribution is 7.98. The summed E-state index contributed by atoms with van der Waals surface area (Å²) in [4.78, 5) is 25.8. The van der Waals surface area contributed by atoms with Crippen LogP contribution in [0.3, 0.4) is 0 Å². The van der Waals surface area contributed by atoms with Gasteiger partial charge in [-0.05, 0) is 43.2 Å². The molecule has 2 aromatic carbocycles. The zero-order chi connectivity index (χ0) is 18.4. The van der Waals surface area contributed by atoms with E-state index in [1.165, 1.54) is 11.1 Å². The van der Waals surface area contributed by atoms with E-state index in [1.54, 1.807) is 17.0 Å². The summed E-state index contributed by atoms with van der Waals surface area (Å²) < 4.78 is 0. The van der Waals surface area contributed by atoms with Crippen molar-refractivity contribution in [3.63, 3.8) is 0 Å². The van der Waals surface area contributed by atoms with Gasteiger partial charge >= 0.3 is 0 Å². The van der Waals surface area contributed by atoms with Crippen molar-refractivity contribution in [1.82, 2.24) is 5.32 Å². The van der Waals surface area contributed by atoms with Gasteiger partial charge in [0, 0.05) is 42.3 Å². The van der Waals surface area contributed by atoms with Crippen LogP contribution >= 0.6 is 11.8 Å². The molecule has 0 bridgehead atoms. The predicted molar refractivity (Wildman–Crippen MR) is 108 cm³/mol. The van der Waals surface area contributed by atoms with Crippen LogP contribution in [0.5, 0.6) is 0 Å². The quantitative estimate of drug-likeness (QED) is 0.757. The van der Waals surface area contributed by atoms with E-state index in [2.05, 4.69) is 36.5 Å². The number of carbonyl (C=O) groups excluding carboxylic acids is 2. The molecule has 0 spiro atoms. The molecule has 0 unspecified atom stereocenters. The standard InChI is InChI=1S/C21H24N2O2S/c1-16-4-2-5-17(14-16)15-26-13-11-22-21(25)18-7-9-19(10-8-18)23-12-3-6-20(23)24/h2,4-5,7-10,14H,3,6,11-13,15H2,1H3,(H,22,25). The first kappa shape index (κ1) is 18.5. The van der Waals surface area contributed by atoms with Gasteiger partial charge in [-0.2, -0.15) is 11.8 Å². The first-order valence-corrected chi connectivity index (χ1v) is 10.1. The van der Waals surface area contributed by atoms with Gasteiger partial charge in [0.15, 0.2) is 0 Å². The van der Waals surface area contributed by atoms with Crippen molar-refractivity contribution in [1.29, 1.82) is 0 Å². The topological polar surface area (TPSA) is 49.4 Å². The molecule has 3 rings (SSSR count). The summed E-state index contributed by atoms with van der Waals surface area (Å²) in [7, 11) is 0. The first-order valence-electron chi connectivity index (χ1n) is 8.95. The van der Waals surface area contributed by atoms with Gasteiger partial charge in [0.1, 0.15) is 0 Å². The second kappa shape index (κ2) is 8.90. The maximum absolute atomic E-state index is 12.2. The molecule has 0 saturated carbocycles. The molecule has 5 heteroatoms. The highest BCUT2D eigenvalue weighted by atomic mass is 32.2. The van der Waals surface area contributed by atoms with E-state index in [4.69, 9.17) is 0 Å². The van der Waals surface area contributed by atoms with E-state index in [-0.39, 0.29) is 11.8 Å². The van der Waals surface area contributed by atoms with Gasteiger partial charge in [-0.3, -0.25) is 9.59 Å². The SMILES string of the molecule is Cc1cccc(CSCCNC(=O)c2ccc(N3CCCC3=O)cc2)c1. The lowest BCUT2D eigenvalue weighted by Crippen LogP contribution is -2.26. The molecule has 1 fully saturated rings. The fourth-order valence-electron chi connectivity index (χ4n) is 3.04. The van der Waals surface area contributed by atoms with Crippen molar-refractivity contribution >= 4 is 29.3 Å². The number of thioether (sulfide) groups is 1. The monoisotopic (exact) mass is 368 g/mol. The Hall–Kier alpha value is -2.27. The normalized spacial score (nSPS) is 13.9. The first-order chi connectivity index (χ1) is 12.6. The van der Waals surface area contributed by atoms with Crippen LogP contribution in [-0.4, -0.2) is 30.7 Å². The highest BCUT2D eigenvalue weighted by Crippen LogP contribution is 2.21. The molecular weight excluding hydrogens is 344 g/mol. The molecule has 2 amide bonds. The third-order valence-corrected chi connectivity index (χ3v) is 5.43. The minimum absolute atomic E-state index is 0.0690. The number of carbonyl (C=O) groups is 2. The maximum Gasteiger partial charge on any atom is 0.251 e. The molecule has 2 aromatic rings. The fourth-order valence-corrected chi connectivity index (χ4v) is 3.85. The van der Waals surface area contributed by atoms with Gasteiger partial charge in [-0.15, -0.1) is 0 Å². The molecule has 4 nitrogen and oxygen atoms in total. The van der Waals surface area contributed by atoms with Crippen molar-refractivity contribution < 1.29 is 9.59 Å². The zero-order valence-electron chi connectivity index (χ0n) is 15.0. The number of rotatable bonds is 7. The summed E-state index contributed by atoms with van der Waals surface area (Å²) >= 11 is 1.81. The highest BCUT2D eigenvalue weighted by Gasteiger charge is 2.21. The van der Waals surface area contributed by atoms with E-state index >= 15 is 0 Å². The summed E-state index contributed by atoms with van der Waals surface area (Å²) in [5, 5.41) is 2.95. The van der Waals surface area contributed by atoms with Crippen LogP contribution < -0.4 is 10.2 Å². The number of hydrogen-bond donors (Lipinski definition) is 1. The van der Waals surface area contributed by atoms with Gasteiger partial charge in [0.25, 0.3) is 5.91 Å². The summed E-state index contributed by atoms with van der Waals surface area (Å²) in [6, 6.07) is 15.8. The summed E-state index contributed by atoms with van der Waals surface area (Å²) in [5.74, 6) is 1.92. The lowest BCUT2D eigenvalue weighted by atomic mass is 10.2. The molecule has 0 radical (unpaired) electrons. The maximum atomic E-state index is 12.2.